The summed E-state index contributed by atoms with van der Waals surface area (Å²) in [7, 11) is 0. The molecular formula is C20H22O4. The van der Waals surface area contributed by atoms with E-state index < -0.39 is 17.7 Å². The van der Waals surface area contributed by atoms with Crippen LogP contribution in [-0.4, -0.2) is 24.3 Å². The summed E-state index contributed by atoms with van der Waals surface area (Å²) >= 11 is 0. The maximum Gasteiger partial charge on any atom is 0.346 e. The minimum absolute atomic E-state index is 0.315. The molecule has 0 unspecified atom stereocenters. The summed E-state index contributed by atoms with van der Waals surface area (Å²) in [6.45, 7) is 0.803. The molecule has 0 radical (unpaired) electrons. The van der Waals surface area contributed by atoms with E-state index in [4.69, 9.17) is 9.47 Å². The zero-order valence-corrected chi connectivity index (χ0v) is 13.6. The van der Waals surface area contributed by atoms with Gasteiger partial charge in [-0.25, -0.2) is 4.79 Å². The molecule has 24 heavy (non-hydrogen) atoms. The van der Waals surface area contributed by atoms with Gasteiger partial charge in [-0.1, -0.05) is 60.7 Å². The Hall–Kier alpha value is -2.17. The average molecular weight is 326 g/mol. The lowest BCUT2D eigenvalue weighted by atomic mass is 9.84. The predicted octanol–water partition coefficient (Wildman–Crippen LogP) is 3.36. The average Bonchev–Trinajstić information content (AvgIpc) is 2.64. The number of carbonyl (C=O) groups excluding carboxylic acids is 1. The third-order valence-corrected chi connectivity index (χ3v) is 4.31. The molecule has 1 heterocycles. The lowest BCUT2D eigenvalue weighted by molar-refractivity contribution is -0.189. The van der Waals surface area contributed by atoms with Crippen molar-refractivity contribution >= 4 is 5.97 Å². The number of esters is 1. The monoisotopic (exact) mass is 326 g/mol. The van der Waals surface area contributed by atoms with Gasteiger partial charge in [-0.3, -0.25) is 0 Å². The highest BCUT2D eigenvalue weighted by Gasteiger charge is 2.49. The molecule has 1 N–H and O–H groups in total. The van der Waals surface area contributed by atoms with Crippen molar-refractivity contribution in [2.45, 2.75) is 31.0 Å². The number of carbonyl (C=O) groups is 1. The second-order valence-electron chi connectivity index (χ2n) is 5.99. The minimum atomic E-state index is -1.88. The molecule has 0 aromatic heterocycles. The number of aliphatic hydroxyl groups is 1. The van der Waals surface area contributed by atoms with Crippen LogP contribution in [0.4, 0.5) is 0 Å². The van der Waals surface area contributed by atoms with E-state index >= 15 is 0 Å². The van der Waals surface area contributed by atoms with Gasteiger partial charge in [-0.2, -0.15) is 0 Å². The summed E-state index contributed by atoms with van der Waals surface area (Å²) in [5.74, 6) is -0.663. The van der Waals surface area contributed by atoms with Crippen molar-refractivity contribution in [3.8, 4) is 0 Å². The Morgan fingerprint density at radius 2 is 1.50 bits per heavy atom. The van der Waals surface area contributed by atoms with Crippen LogP contribution in [0, 0.1) is 0 Å². The normalized spacial score (nSPS) is 25.7. The summed E-state index contributed by atoms with van der Waals surface area (Å²) in [5, 5.41) is 11.4. The van der Waals surface area contributed by atoms with Crippen LogP contribution in [0.1, 0.15) is 36.5 Å². The molecular weight excluding hydrogens is 304 g/mol. The molecule has 2 aromatic rings. The lowest BCUT2D eigenvalue weighted by Crippen LogP contribution is -2.44. The Kier molecular flexibility index (Phi) is 5.28. The van der Waals surface area contributed by atoms with Crippen molar-refractivity contribution in [1.82, 2.24) is 0 Å². The molecule has 4 nitrogen and oxygen atoms in total. The van der Waals surface area contributed by atoms with Crippen molar-refractivity contribution in [3.63, 3.8) is 0 Å². The molecule has 3 rings (SSSR count). The van der Waals surface area contributed by atoms with Gasteiger partial charge in [0.15, 0.2) is 0 Å². The van der Waals surface area contributed by atoms with Crippen LogP contribution in [0.2, 0.25) is 0 Å². The molecule has 0 aliphatic carbocycles. The maximum atomic E-state index is 12.8. The highest BCUT2D eigenvalue weighted by Crippen LogP contribution is 2.39. The minimum Gasteiger partial charge on any atom is -0.463 e. The quantitative estimate of drug-likeness (QED) is 0.860. The van der Waals surface area contributed by atoms with Crippen molar-refractivity contribution in [1.29, 1.82) is 0 Å². The molecule has 1 aliphatic heterocycles. The molecule has 0 spiro atoms. The van der Waals surface area contributed by atoms with Crippen molar-refractivity contribution in [2.24, 2.45) is 0 Å². The number of cyclic esters (lactones) is 1. The standard InChI is InChI=1S/C20H22O4/c21-19-20(22,17-12-6-2-7-13-17)18(16-10-4-1-5-11-16)23-14-8-3-9-15-24-19/h1-2,4-7,10-13,18,22H,3,8-9,14-15H2/t18-,20+/m1/s1. The van der Waals surface area contributed by atoms with Gasteiger partial charge >= 0.3 is 5.97 Å². The first-order valence-electron chi connectivity index (χ1n) is 8.34. The van der Waals surface area contributed by atoms with E-state index in [1.807, 2.05) is 36.4 Å². The van der Waals surface area contributed by atoms with E-state index in [2.05, 4.69) is 0 Å². The van der Waals surface area contributed by atoms with Gasteiger partial charge in [0.1, 0.15) is 6.10 Å². The molecule has 126 valence electrons. The van der Waals surface area contributed by atoms with Crippen LogP contribution in [0.25, 0.3) is 0 Å². The molecule has 1 saturated heterocycles. The molecule has 4 heteroatoms. The Balaban J connectivity index is 2.08. The Morgan fingerprint density at radius 3 is 2.21 bits per heavy atom. The van der Waals surface area contributed by atoms with E-state index in [-0.39, 0.29) is 0 Å². The third kappa shape index (κ3) is 3.35. The van der Waals surface area contributed by atoms with Gasteiger partial charge in [0.2, 0.25) is 5.60 Å². The summed E-state index contributed by atoms with van der Waals surface area (Å²) in [6.07, 6.45) is 1.76. The van der Waals surface area contributed by atoms with Crippen LogP contribution >= 0.6 is 0 Å². The zero-order chi connectivity index (χ0) is 16.8. The fraction of sp³-hybridized carbons (Fsp3) is 0.350. The Morgan fingerprint density at radius 1 is 0.875 bits per heavy atom. The Labute approximate surface area is 142 Å². The van der Waals surface area contributed by atoms with Crippen LogP contribution in [0.5, 0.6) is 0 Å². The summed E-state index contributed by atoms with van der Waals surface area (Å²) in [6, 6.07) is 18.2. The van der Waals surface area contributed by atoms with E-state index in [1.165, 1.54) is 0 Å². The van der Waals surface area contributed by atoms with E-state index in [0.29, 0.717) is 18.8 Å². The summed E-state index contributed by atoms with van der Waals surface area (Å²) in [5.41, 5.74) is -0.647. The fourth-order valence-electron chi connectivity index (χ4n) is 3.01. The van der Waals surface area contributed by atoms with Gasteiger partial charge in [0.05, 0.1) is 6.61 Å². The lowest BCUT2D eigenvalue weighted by Gasteiger charge is -2.35. The van der Waals surface area contributed by atoms with Crippen LogP contribution < -0.4 is 0 Å². The van der Waals surface area contributed by atoms with Gasteiger partial charge in [0.25, 0.3) is 0 Å². The predicted molar refractivity (Wildman–Crippen MR) is 90.3 cm³/mol. The van der Waals surface area contributed by atoms with E-state index in [0.717, 1.165) is 24.8 Å². The van der Waals surface area contributed by atoms with E-state index in [1.54, 1.807) is 24.3 Å². The largest absolute Gasteiger partial charge is 0.463 e. The summed E-state index contributed by atoms with van der Waals surface area (Å²) in [4.78, 5) is 12.8. The smallest absolute Gasteiger partial charge is 0.346 e. The van der Waals surface area contributed by atoms with E-state index in [9.17, 15) is 9.90 Å². The molecule has 1 aliphatic rings. The molecule has 2 aromatic carbocycles. The fourth-order valence-corrected chi connectivity index (χ4v) is 3.01. The second kappa shape index (κ2) is 7.60. The van der Waals surface area contributed by atoms with Crippen LogP contribution in [0.3, 0.4) is 0 Å². The third-order valence-electron chi connectivity index (χ3n) is 4.31. The topological polar surface area (TPSA) is 55.8 Å². The zero-order valence-electron chi connectivity index (χ0n) is 13.6. The first kappa shape index (κ1) is 16.7. The molecule has 0 saturated carbocycles. The molecule has 0 bridgehead atoms. The molecule has 0 amide bonds. The number of benzene rings is 2. The van der Waals surface area contributed by atoms with Gasteiger partial charge in [0, 0.05) is 6.61 Å². The molecule has 2 atom stereocenters. The van der Waals surface area contributed by atoms with Crippen molar-refractivity contribution in [3.05, 3.63) is 71.8 Å². The summed E-state index contributed by atoms with van der Waals surface area (Å²) < 4.78 is 11.4. The first-order valence-corrected chi connectivity index (χ1v) is 8.34. The highest BCUT2D eigenvalue weighted by atomic mass is 16.6. The van der Waals surface area contributed by atoms with Crippen LogP contribution in [0.15, 0.2) is 60.7 Å². The maximum absolute atomic E-state index is 12.8. The second-order valence-corrected chi connectivity index (χ2v) is 5.99. The number of hydrogen-bond donors (Lipinski definition) is 1. The SMILES string of the molecule is O=C1OCCCCCO[C@H](c2ccccc2)[C@@]1(O)c1ccccc1. The molecule has 1 fully saturated rings. The number of hydrogen-bond acceptors (Lipinski definition) is 4. The highest BCUT2D eigenvalue weighted by molar-refractivity contribution is 5.82. The Bertz CT molecular complexity index is 656. The van der Waals surface area contributed by atoms with Gasteiger partial charge < -0.3 is 14.6 Å². The van der Waals surface area contributed by atoms with Crippen molar-refractivity contribution in [2.75, 3.05) is 13.2 Å². The van der Waals surface area contributed by atoms with Gasteiger partial charge in [-0.15, -0.1) is 0 Å². The number of ether oxygens (including phenoxy) is 2. The van der Waals surface area contributed by atoms with Crippen LogP contribution in [-0.2, 0) is 19.9 Å². The van der Waals surface area contributed by atoms with Gasteiger partial charge in [-0.05, 0) is 30.4 Å². The first-order chi connectivity index (χ1) is 11.7. The van der Waals surface area contributed by atoms with Crippen molar-refractivity contribution < 1.29 is 19.4 Å². The number of rotatable bonds is 2.